The molecule has 2 N–H and O–H groups in total. The molecule has 5 nitrogen and oxygen atoms in total. The van der Waals surface area contributed by atoms with E-state index in [2.05, 4.69) is 31.6 Å². The van der Waals surface area contributed by atoms with Crippen LogP contribution >= 0.6 is 15.9 Å². The summed E-state index contributed by atoms with van der Waals surface area (Å²) in [5, 5.41) is 4.94. The van der Waals surface area contributed by atoms with Gasteiger partial charge in [0.25, 0.3) is 5.91 Å². The van der Waals surface area contributed by atoms with Crippen molar-refractivity contribution in [1.29, 1.82) is 0 Å². The molecule has 1 aliphatic heterocycles. The Morgan fingerprint density at radius 2 is 1.92 bits per heavy atom. The molecule has 0 saturated heterocycles. The minimum absolute atomic E-state index is 0.0208. The largest absolute Gasteiger partial charge is 0.296 e. The van der Waals surface area contributed by atoms with Crippen molar-refractivity contribution in [2.45, 2.75) is 12.5 Å². The van der Waals surface area contributed by atoms with Crippen LogP contribution < -0.4 is 10.6 Å². The molecule has 0 aromatic heterocycles. The van der Waals surface area contributed by atoms with Gasteiger partial charge in [-0.05, 0) is 29.8 Å². The molecule has 0 aliphatic carbocycles. The van der Waals surface area contributed by atoms with Gasteiger partial charge in [-0.25, -0.2) is 9.38 Å². The highest BCUT2D eigenvalue weighted by molar-refractivity contribution is 9.10. The molecule has 0 radical (unpaired) electrons. The Morgan fingerprint density at radius 3 is 2.62 bits per heavy atom. The number of halogens is 2. The smallest absolute Gasteiger partial charge is 0.260 e. The summed E-state index contributed by atoms with van der Waals surface area (Å²) in [6.07, 6.45) is 0.181. The van der Waals surface area contributed by atoms with E-state index in [1.165, 1.54) is 18.2 Å². The quantitative estimate of drug-likeness (QED) is 0.828. The number of hydrogen-bond acceptors (Lipinski definition) is 3. The van der Waals surface area contributed by atoms with Gasteiger partial charge in [-0.15, -0.1) is 0 Å². The molecule has 122 valence electrons. The summed E-state index contributed by atoms with van der Waals surface area (Å²) in [6, 6.07) is 12.6. The number of carbonyl (C=O) groups is 2. The van der Waals surface area contributed by atoms with Gasteiger partial charge in [-0.1, -0.05) is 40.2 Å². The average Bonchev–Trinajstić information content (AvgIpc) is 2.55. The van der Waals surface area contributed by atoms with Gasteiger partial charge in [0.2, 0.25) is 11.9 Å². The van der Waals surface area contributed by atoms with Gasteiger partial charge in [0.15, 0.2) is 0 Å². The number of benzene rings is 2. The van der Waals surface area contributed by atoms with Crippen molar-refractivity contribution in [3.05, 3.63) is 69.9 Å². The zero-order chi connectivity index (χ0) is 17.1. The lowest BCUT2D eigenvalue weighted by molar-refractivity contribution is -0.120. The molecular weight excluding hydrogens is 377 g/mol. The van der Waals surface area contributed by atoms with Crippen LogP contribution in [0, 0.1) is 5.82 Å². The number of hydrogen-bond donors (Lipinski definition) is 2. The standard InChI is InChI=1S/C17H13BrFN3O2/c18-11-7-5-10(6-8-11)14-9-15(23)21-17(20-14)22-16(24)12-3-1-2-4-13(12)19/h1-8,14H,9H2,(H2,20,21,22,23,24)/t14-/m1/s1. The van der Waals surface area contributed by atoms with Crippen LogP contribution in [0.15, 0.2) is 58.0 Å². The first-order valence-corrected chi connectivity index (χ1v) is 8.01. The number of nitrogens with one attached hydrogen (secondary N) is 2. The van der Waals surface area contributed by atoms with Crippen LogP contribution in [0.1, 0.15) is 28.4 Å². The van der Waals surface area contributed by atoms with Crippen molar-refractivity contribution in [2.75, 3.05) is 0 Å². The molecule has 3 rings (SSSR count). The molecule has 1 atom stereocenters. The molecule has 2 aromatic rings. The third-order valence-corrected chi connectivity index (χ3v) is 4.06. The highest BCUT2D eigenvalue weighted by Crippen LogP contribution is 2.25. The fourth-order valence-electron chi connectivity index (χ4n) is 2.35. The number of amides is 2. The van der Waals surface area contributed by atoms with Gasteiger partial charge in [-0.2, -0.15) is 0 Å². The summed E-state index contributed by atoms with van der Waals surface area (Å²) >= 11 is 3.35. The molecule has 0 saturated carbocycles. The van der Waals surface area contributed by atoms with Crippen molar-refractivity contribution in [1.82, 2.24) is 10.6 Å². The SMILES string of the molecule is O=C1C[C@H](c2ccc(Br)cc2)N=C(NC(=O)c2ccccc2F)N1. The van der Waals surface area contributed by atoms with Gasteiger partial charge < -0.3 is 0 Å². The number of aliphatic imine (C=N–C) groups is 1. The van der Waals surface area contributed by atoms with Gasteiger partial charge in [0.1, 0.15) is 5.82 Å². The fourth-order valence-corrected chi connectivity index (χ4v) is 2.62. The maximum Gasteiger partial charge on any atom is 0.260 e. The van der Waals surface area contributed by atoms with Crippen molar-refractivity contribution < 1.29 is 14.0 Å². The lowest BCUT2D eigenvalue weighted by Gasteiger charge is -2.21. The summed E-state index contributed by atoms with van der Waals surface area (Å²) in [5.41, 5.74) is 0.742. The summed E-state index contributed by atoms with van der Waals surface area (Å²) in [7, 11) is 0. The molecule has 0 fully saturated rings. The number of nitrogens with zero attached hydrogens (tertiary/aromatic N) is 1. The van der Waals surface area contributed by atoms with Crippen molar-refractivity contribution in [2.24, 2.45) is 4.99 Å². The molecule has 24 heavy (non-hydrogen) atoms. The first-order chi connectivity index (χ1) is 11.5. The second-order valence-corrected chi connectivity index (χ2v) is 6.15. The van der Waals surface area contributed by atoms with E-state index in [9.17, 15) is 14.0 Å². The Bertz CT molecular complexity index is 821. The number of guanidine groups is 1. The molecule has 7 heteroatoms. The fraction of sp³-hybridized carbons (Fsp3) is 0.118. The third-order valence-electron chi connectivity index (χ3n) is 3.53. The molecule has 2 aromatic carbocycles. The lowest BCUT2D eigenvalue weighted by atomic mass is 10.0. The van der Waals surface area contributed by atoms with Crippen molar-refractivity contribution >= 4 is 33.7 Å². The normalized spacial score (nSPS) is 17.0. The van der Waals surface area contributed by atoms with E-state index in [-0.39, 0.29) is 23.9 Å². The van der Waals surface area contributed by atoms with Gasteiger partial charge >= 0.3 is 0 Å². The van der Waals surface area contributed by atoms with Gasteiger partial charge in [0, 0.05) is 4.47 Å². The second-order valence-electron chi connectivity index (χ2n) is 5.23. The lowest BCUT2D eigenvalue weighted by Crippen LogP contribution is -2.47. The minimum atomic E-state index is -0.663. The third kappa shape index (κ3) is 3.68. The Labute approximate surface area is 146 Å². The maximum atomic E-state index is 13.7. The maximum absolute atomic E-state index is 13.7. The molecular formula is C17H13BrFN3O2. The van der Waals surface area contributed by atoms with Crippen LogP contribution in [0.25, 0.3) is 0 Å². The predicted octanol–water partition coefficient (Wildman–Crippen LogP) is 2.94. The zero-order valence-corrected chi connectivity index (χ0v) is 14.0. The van der Waals surface area contributed by atoms with E-state index in [0.29, 0.717) is 0 Å². The topological polar surface area (TPSA) is 70.6 Å². The zero-order valence-electron chi connectivity index (χ0n) is 12.4. The molecule has 0 spiro atoms. The van der Waals surface area contributed by atoms with E-state index >= 15 is 0 Å². The van der Waals surface area contributed by atoms with E-state index in [1.54, 1.807) is 6.07 Å². The Balaban J connectivity index is 1.81. The summed E-state index contributed by atoms with van der Waals surface area (Å²) in [4.78, 5) is 28.4. The number of rotatable bonds is 2. The Kier molecular flexibility index (Phi) is 4.71. The van der Waals surface area contributed by atoms with E-state index in [1.807, 2.05) is 24.3 Å². The Hall–Kier alpha value is -2.54. The molecule has 2 amide bonds. The summed E-state index contributed by atoms with van der Waals surface area (Å²) < 4.78 is 14.6. The van der Waals surface area contributed by atoms with Crippen LogP contribution in [0.5, 0.6) is 0 Å². The predicted molar refractivity (Wildman–Crippen MR) is 90.9 cm³/mol. The van der Waals surface area contributed by atoms with Crippen LogP contribution in [0.3, 0.4) is 0 Å². The van der Waals surface area contributed by atoms with Crippen LogP contribution in [-0.4, -0.2) is 17.8 Å². The monoisotopic (exact) mass is 389 g/mol. The van der Waals surface area contributed by atoms with Gasteiger partial charge in [0.05, 0.1) is 18.0 Å². The highest BCUT2D eigenvalue weighted by atomic mass is 79.9. The average molecular weight is 390 g/mol. The number of carbonyl (C=O) groups excluding carboxylic acids is 2. The van der Waals surface area contributed by atoms with Crippen LogP contribution in [-0.2, 0) is 4.79 Å². The first-order valence-electron chi connectivity index (χ1n) is 7.22. The van der Waals surface area contributed by atoms with Crippen LogP contribution in [0.4, 0.5) is 4.39 Å². The molecule has 0 bridgehead atoms. The second kappa shape index (κ2) is 6.92. The highest BCUT2D eigenvalue weighted by Gasteiger charge is 2.24. The van der Waals surface area contributed by atoms with E-state index in [4.69, 9.17) is 0 Å². The molecule has 1 aliphatic rings. The van der Waals surface area contributed by atoms with Crippen molar-refractivity contribution in [3.63, 3.8) is 0 Å². The summed E-state index contributed by atoms with van der Waals surface area (Å²) in [6.45, 7) is 0. The first kappa shape index (κ1) is 16.3. The minimum Gasteiger partial charge on any atom is -0.296 e. The van der Waals surface area contributed by atoms with Crippen molar-refractivity contribution in [3.8, 4) is 0 Å². The Morgan fingerprint density at radius 1 is 1.21 bits per heavy atom. The van der Waals surface area contributed by atoms with E-state index < -0.39 is 17.8 Å². The molecule has 0 unspecified atom stereocenters. The van der Waals surface area contributed by atoms with Gasteiger partial charge in [-0.3, -0.25) is 20.2 Å². The van der Waals surface area contributed by atoms with E-state index in [0.717, 1.165) is 10.0 Å². The van der Waals surface area contributed by atoms with Crippen LogP contribution in [0.2, 0.25) is 0 Å². The molecule has 1 heterocycles. The summed E-state index contributed by atoms with van der Waals surface area (Å²) in [5.74, 6) is -1.54.